The van der Waals surface area contributed by atoms with E-state index in [1.165, 1.54) is 5.56 Å². The van der Waals surface area contributed by atoms with Gasteiger partial charge in [-0.15, -0.1) is 0 Å². The maximum atomic E-state index is 12.3. The van der Waals surface area contributed by atoms with Crippen LogP contribution in [-0.4, -0.2) is 108 Å². The molecule has 0 radical (unpaired) electrons. The lowest BCUT2D eigenvalue weighted by molar-refractivity contribution is -0.118. The van der Waals surface area contributed by atoms with Gasteiger partial charge < -0.3 is 49.3 Å². The summed E-state index contributed by atoms with van der Waals surface area (Å²) in [5.41, 5.74) is 6.90. The van der Waals surface area contributed by atoms with Gasteiger partial charge in [-0.25, -0.2) is 4.79 Å². The number of aliphatic hydroxyl groups excluding tert-OH is 1. The SMILES string of the molecule is C[C@@H](OCc1ccc(CCCOCCOCCOCCOCCOCCO)cc1)[C@H](CCC(N)=O)NC(=O)OC(C)(C)C. The maximum Gasteiger partial charge on any atom is 0.407 e. The first kappa shape index (κ1) is 38.7. The quantitative estimate of drug-likeness (QED) is 0.133. The molecule has 1 rings (SSSR count). The highest BCUT2D eigenvalue weighted by atomic mass is 16.6. The van der Waals surface area contributed by atoms with Gasteiger partial charge in [-0.1, -0.05) is 24.3 Å². The van der Waals surface area contributed by atoms with Crippen molar-refractivity contribution in [2.45, 2.75) is 77.7 Å². The first-order valence-electron chi connectivity index (χ1n) is 15.1. The summed E-state index contributed by atoms with van der Waals surface area (Å²) < 4.78 is 38.4. The van der Waals surface area contributed by atoms with E-state index in [1.54, 1.807) is 20.8 Å². The van der Waals surface area contributed by atoms with Gasteiger partial charge in [-0.3, -0.25) is 4.79 Å². The number of benzene rings is 1. The summed E-state index contributed by atoms with van der Waals surface area (Å²) in [4.78, 5) is 23.6. The number of ether oxygens (including phenoxy) is 7. The van der Waals surface area contributed by atoms with Crippen LogP contribution in [0.15, 0.2) is 24.3 Å². The molecule has 0 aromatic heterocycles. The first-order valence-corrected chi connectivity index (χ1v) is 15.1. The van der Waals surface area contributed by atoms with Crippen LogP contribution in [0.5, 0.6) is 0 Å². The van der Waals surface area contributed by atoms with Gasteiger partial charge >= 0.3 is 6.09 Å². The summed E-state index contributed by atoms with van der Waals surface area (Å²) in [5, 5.41) is 11.4. The van der Waals surface area contributed by atoms with Crippen molar-refractivity contribution in [1.29, 1.82) is 0 Å². The predicted molar refractivity (Wildman–Crippen MR) is 162 cm³/mol. The number of hydrogen-bond donors (Lipinski definition) is 3. The van der Waals surface area contributed by atoms with Crippen LogP contribution in [0, 0.1) is 0 Å². The molecule has 2 atom stereocenters. The van der Waals surface area contributed by atoms with E-state index >= 15 is 0 Å². The molecule has 0 fully saturated rings. The third kappa shape index (κ3) is 22.8. The molecule has 12 nitrogen and oxygen atoms in total. The van der Waals surface area contributed by atoms with E-state index in [1.807, 2.05) is 19.1 Å². The average molecular weight is 615 g/mol. The Labute approximate surface area is 256 Å². The highest BCUT2D eigenvalue weighted by Crippen LogP contribution is 2.14. The number of aryl methyl sites for hydroxylation is 1. The Bertz CT molecular complexity index is 848. The van der Waals surface area contributed by atoms with Crippen molar-refractivity contribution in [3.8, 4) is 0 Å². The molecule has 1 aromatic rings. The van der Waals surface area contributed by atoms with Crippen LogP contribution < -0.4 is 11.1 Å². The molecule has 0 saturated carbocycles. The molecule has 1 aromatic carbocycles. The highest BCUT2D eigenvalue weighted by Gasteiger charge is 2.24. The van der Waals surface area contributed by atoms with Gasteiger partial charge in [-0.2, -0.15) is 0 Å². The third-order valence-electron chi connectivity index (χ3n) is 5.98. The lowest BCUT2D eigenvalue weighted by Crippen LogP contribution is -2.45. The Hall–Kier alpha value is -2.32. The molecule has 4 N–H and O–H groups in total. The molecule has 0 saturated heterocycles. The fraction of sp³-hybridized carbons (Fsp3) is 0.742. The van der Waals surface area contributed by atoms with Crippen molar-refractivity contribution < 1.29 is 47.9 Å². The zero-order valence-corrected chi connectivity index (χ0v) is 26.5. The Kier molecular flexibility index (Phi) is 21.7. The first-order chi connectivity index (χ1) is 20.6. The lowest BCUT2D eigenvalue weighted by Gasteiger charge is -2.27. The molecular formula is C31H54N2O10. The number of alkyl carbamates (subject to hydrolysis) is 1. The predicted octanol–water partition coefficient (Wildman–Crippen LogP) is 2.76. The molecule has 12 heteroatoms. The minimum atomic E-state index is -0.628. The minimum absolute atomic E-state index is 0.0196. The Morgan fingerprint density at radius 2 is 1.30 bits per heavy atom. The zero-order chi connectivity index (χ0) is 31.8. The topological polar surface area (TPSA) is 157 Å². The molecule has 2 amide bonds. The van der Waals surface area contributed by atoms with E-state index < -0.39 is 23.6 Å². The van der Waals surface area contributed by atoms with Crippen LogP contribution in [0.3, 0.4) is 0 Å². The standard InChI is InChI=1S/C31H54N2O10/c1-25(28(11-12-29(32)35)33-30(36)43-31(2,3)4)42-24-27-9-7-26(8-10-27)6-5-14-37-16-18-39-20-22-41-23-21-40-19-17-38-15-13-34/h7-10,25,28,34H,5-6,11-24H2,1-4H3,(H2,32,35)(H,33,36)/t25-,28+/m1/s1. The largest absolute Gasteiger partial charge is 0.444 e. The molecule has 0 bridgehead atoms. The summed E-state index contributed by atoms with van der Waals surface area (Å²) in [6, 6.07) is 7.79. The van der Waals surface area contributed by atoms with Gasteiger partial charge in [0.25, 0.3) is 0 Å². The number of nitrogens with one attached hydrogen (secondary N) is 1. The van der Waals surface area contributed by atoms with E-state index in [-0.39, 0.29) is 19.1 Å². The van der Waals surface area contributed by atoms with Crippen LogP contribution >= 0.6 is 0 Å². The van der Waals surface area contributed by atoms with Gasteiger partial charge in [0.05, 0.1) is 84.8 Å². The number of hydrogen-bond acceptors (Lipinski definition) is 10. The van der Waals surface area contributed by atoms with E-state index in [0.29, 0.717) is 79.1 Å². The second-order valence-electron chi connectivity index (χ2n) is 11.0. The van der Waals surface area contributed by atoms with Crippen LogP contribution in [0.4, 0.5) is 4.79 Å². The number of carbonyl (C=O) groups is 2. The van der Waals surface area contributed by atoms with Gasteiger partial charge in [0.1, 0.15) is 5.60 Å². The molecule has 0 spiro atoms. The summed E-state index contributed by atoms with van der Waals surface area (Å²) in [6.45, 7) is 12.6. The van der Waals surface area contributed by atoms with Crippen molar-refractivity contribution in [3.05, 3.63) is 35.4 Å². The van der Waals surface area contributed by atoms with Crippen LogP contribution in [0.1, 0.15) is 58.1 Å². The second kappa shape index (κ2) is 24.1. The van der Waals surface area contributed by atoms with E-state index in [0.717, 1.165) is 18.4 Å². The van der Waals surface area contributed by atoms with Gasteiger partial charge in [0.2, 0.25) is 5.91 Å². The number of primary amides is 1. The molecule has 248 valence electrons. The van der Waals surface area contributed by atoms with Crippen molar-refractivity contribution in [1.82, 2.24) is 5.32 Å². The molecule has 0 aliphatic heterocycles. The summed E-state index contributed by atoms with van der Waals surface area (Å²) in [6.07, 6.45) is 1.39. The van der Waals surface area contributed by atoms with E-state index in [9.17, 15) is 9.59 Å². The number of nitrogens with two attached hydrogens (primary N) is 1. The smallest absolute Gasteiger partial charge is 0.407 e. The Morgan fingerprint density at radius 3 is 1.79 bits per heavy atom. The van der Waals surface area contributed by atoms with Gasteiger partial charge in [-0.05, 0) is 58.1 Å². The lowest BCUT2D eigenvalue weighted by atomic mass is 10.1. The van der Waals surface area contributed by atoms with Gasteiger partial charge in [0, 0.05) is 13.0 Å². The molecule has 0 aliphatic rings. The van der Waals surface area contributed by atoms with E-state index in [2.05, 4.69) is 17.4 Å². The van der Waals surface area contributed by atoms with E-state index in [4.69, 9.17) is 44.0 Å². The maximum absolute atomic E-state index is 12.3. The number of aliphatic hydroxyl groups is 1. The monoisotopic (exact) mass is 614 g/mol. The molecule has 0 heterocycles. The summed E-state index contributed by atoms with van der Waals surface area (Å²) in [5.74, 6) is -0.435. The van der Waals surface area contributed by atoms with Crippen LogP contribution in [0.25, 0.3) is 0 Å². The van der Waals surface area contributed by atoms with Crippen molar-refractivity contribution in [2.24, 2.45) is 5.73 Å². The molecule has 43 heavy (non-hydrogen) atoms. The van der Waals surface area contributed by atoms with Gasteiger partial charge in [0.15, 0.2) is 0 Å². The highest BCUT2D eigenvalue weighted by molar-refractivity contribution is 5.74. The van der Waals surface area contributed by atoms with Crippen molar-refractivity contribution in [2.75, 3.05) is 72.7 Å². The Morgan fingerprint density at radius 1 is 0.814 bits per heavy atom. The number of amides is 2. The van der Waals surface area contributed by atoms with Crippen molar-refractivity contribution in [3.63, 3.8) is 0 Å². The number of carbonyl (C=O) groups excluding carboxylic acids is 2. The fourth-order valence-electron chi connectivity index (χ4n) is 3.75. The normalized spacial score (nSPS) is 13.0. The summed E-state index contributed by atoms with van der Waals surface area (Å²) >= 11 is 0. The summed E-state index contributed by atoms with van der Waals surface area (Å²) in [7, 11) is 0. The fourth-order valence-corrected chi connectivity index (χ4v) is 3.75. The molecular weight excluding hydrogens is 560 g/mol. The van der Waals surface area contributed by atoms with Crippen molar-refractivity contribution >= 4 is 12.0 Å². The Balaban J connectivity index is 2.15. The third-order valence-corrected chi connectivity index (χ3v) is 5.98. The number of rotatable bonds is 26. The molecule has 0 aliphatic carbocycles. The average Bonchev–Trinajstić information content (AvgIpc) is 2.95. The van der Waals surface area contributed by atoms with Crippen LogP contribution in [-0.2, 0) is 51.0 Å². The van der Waals surface area contributed by atoms with Crippen LogP contribution in [0.2, 0.25) is 0 Å². The second-order valence-corrected chi connectivity index (χ2v) is 11.0. The minimum Gasteiger partial charge on any atom is -0.444 e. The molecule has 0 unspecified atom stereocenters. The zero-order valence-electron chi connectivity index (χ0n) is 26.5.